The van der Waals surface area contributed by atoms with E-state index < -0.39 is 0 Å². The molecule has 1 aromatic heterocycles. The van der Waals surface area contributed by atoms with Crippen LogP contribution in [0.2, 0.25) is 5.02 Å². The van der Waals surface area contributed by atoms with E-state index in [1.54, 1.807) is 24.5 Å². The molecule has 2 aromatic rings. The number of benzene rings is 1. The zero-order valence-electron chi connectivity index (χ0n) is 13.3. The number of aromatic nitrogens is 1. The molecule has 0 saturated heterocycles. The fraction of sp³-hybridized carbons (Fsp3) is 0.278. The molecule has 0 aliphatic heterocycles. The van der Waals surface area contributed by atoms with Gasteiger partial charge in [-0.2, -0.15) is 0 Å². The van der Waals surface area contributed by atoms with Crippen LogP contribution in [0, 0.1) is 18.8 Å². The molecule has 0 bridgehead atoms. The normalized spacial score (nSPS) is 18.8. The fourth-order valence-electron chi connectivity index (χ4n) is 2.55. The third-order valence-electron chi connectivity index (χ3n) is 4.14. The second kappa shape index (κ2) is 7.01. The van der Waals surface area contributed by atoms with E-state index in [2.05, 4.69) is 15.6 Å². The van der Waals surface area contributed by atoms with Gasteiger partial charge in [-0.1, -0.05) is 17.7 Å². The molecule has 1 aliphatic rings. The highest BCUT2D eigenvalue weighted by Gasteiger charge is 2.47. The molecule has 1 aromatic carbocycles. The van der Waals surface area contributed by atoms with Gasteiger partial charge >= 0.3 is 0 Å². The molecule has 6 heteroatoms. The van der Waals surface area contributed by atoms with E-state index in [4.69, 9.17) is 11.6 Å². The average molecular weight is 344 g/mol. The van der Waals surface area contributed by atoms with E-state index in [0.29, 0.717) is 23.7 Å². The van der Waals surface area contributed by atoms with Crippen molar-refractivity contribution in [1.82, 2.24) is 10.3 Å². The van der Waals surface area contributed by atoms with Crippen LogP contribution in [0.4, 0.5) is 5.69 Å². The van der Waals surface area contributed by atoms with Crippen LogP contribution in [0.15, 0.2) is 42.7 Å². The highest BCUT2D eigenvalue weighted by atomic mass is 35.5. The predicted octanol–water partition coefficient (Wildman–Crippen LogP) is 2.93. The Kier molecular flexibility index (Phi) is 4.81. The first-order valence-corrected chi connectivity index (χ1v) is 8.16. The maximum atomic E-state index is 12.3. The van der Waals surface area contributed by atoms with Crippen LogP contribution in [0.3, 0.4) is 0 Å². The van der Waals surface area contributed by atoms with Gasteiger partial charge in [-0.25, -0.2) is 0 Å². The SMILES string of the molecule is Cc1ccc(Cl)cc1NC(=O)C1CC1C(=O)NCc1ccncc1. The summed E-state index contributed by atoms with van der Waals surface area (Å²) in [5, 5.41) is 6.29. The number of carbonyl (C=O) groups is 2. The second-order valence-electron chi connectivity index (χ2n) is 5.97. The van der Waals surface area contributed by atoms with Crippen LogP contribution in [-0.2, 0) is 16.1 Å². The largest absolute Gasteiger partial charge is 0.352 e. The van der Waals surface area contributed by atoms with Crippen LogP contribution >= 0.6 is 11.6 Å². The van der Waals surface area contributed by atoms with Crippen LogP contribution in [0.25, 0.3) is 0 Å². The standard InChI is InChI=1S/C18H18ClN3O2/c1-11-2-3-13(19)8-16(11)22-18(24)15-9-14(15)17(23)21-10-12-4-6-20-7-5-12/h2-8,14-15H,9-10H2,1H3,(H,21,23)(H,22,24). The lowest BCUT2D eigenvalue weighted by Gasteiger charge is -2.09. The van der Waals surface area contributed by atoms with E-state index in [1.165, 1.54) is 0 Å². The van der Waals surface area contributed by atoms with Crippen LogP contribution in [-0.4, -0.2) is 16.8 Å². The Balaban J connectivity index is 1.52. The number of hydrogen-bond donors (Lipinski definition) is 2. The molecule has 0 radical (unpaired) electrons. The third kappa shape index (κ3) is 3.92. The summed E-state index contributed by atoms with van der Waals surface area (Å²) in [5.74, 6) is -0.758. The lowest BCUT2D eigenvalue weighted by Crippen LogP contribution is -2.27. The van der Waals surface area contributed by atoms with Crippen molar-refractivity contribution in [3.05, 3.63) is 58.9 Å². The molecular weight excluding hydrogens is 326 g/mol. The number of nitrogens with zero attached hydrogens (tertiary/aromatic N) is 1. The molecule has 0 spiro atoms. The number of aryl methyl sites for hydroxylation is 1. The van der Waals surface area contributed by atoms with Gasteiger partial charge in [0.25, 0.3) is 0 Å². The van der Waals surface area contributed by atoms with Gasteiger partial charge in [0.05, 0.1) is 11.8 Å². The van der Waals surface area contributed by atoms with E-state index >= 15 is 0 Å². The first kappa shape index (κ1) is 16.5. The van der Waals surface area contributed by atoms with Gasteiger partial charge in [0, 0.05) is 29.6 Å². The van der Waals surface area contributed by atoms with Crippen molar-refractivity contribution >= 4 is 29.1 Å². The maximum absolute atomic E-state index is 12.3. The smallest absolute Gasteiger partial charge is 0.228 e. The minimum absolute atomic E-state index is 0.0882. The molecule has 1 aliphatic carbocycles. The summed E-state index contributed by atoms with van der Waals surface area (Å²) >= 11 is 5.95. The van der Waals surface area contributed by atoms with Gasteiger partial charge in [-0.05, 0) is 48.7 Å². The summed E-state index contributed by atoms with van der Waals surface area (Å²) in [6.45, 7) is 2.34. The molecular formula is C18H18ClN3O2. The molecule has 1 saturated carbocycles. The number of halogens is 1. The Labute approximate surface area is 145 Å². The highest BCUT2D eigenvalue weighted by Crippen LogP contribution is 2.39. The van der Waals surface area contributed by atoms with E-state index in [-0.39, 0.29) is 23.7 Å². The summed E-state index contributed by atoms with van der Waals surface area (Å²) in [7, 11) is 0. The highest BCUT2D eigenvalue weighted by molar-refractivity contribution is 6.31. The lowest BCUT2D eigenvalue weighted by molar-refractivity contribution is -0.125. The Hall–Kier alpha value is -2.40. The summed E-state index contributed by atoms with van der Waals surface area (Å²) in [4.78, 5) is 28.4. The Morgan fingerprint density at radius 1 is 1.17 bits per heavy atom. The number of nitrogens with one attached hydrogen (secondary N) is 2. The average Bonchev–Trinajstić information content (AvgIpc) is 3.38. The van der Waals surface area contributed by atoms with Gasteiger partial charge < -0.3 is 10.6 Å². The molecule has 2 unspecified atom stereocenters. The minimum Gasteiger partial charge on any atom is -0.352 e. The lowest BCUT2D eigenvalue weighted by atomic mass is 10.2. The molecule has 2 N–H and O–H groups in total. The molecule has 1 heterocycles. The van der Waals surface area contributed by atoms with Gasteiger partial charge in [-0.15, -0.1) is 0 Å². The third-order valence-corrected chi connectivity index (χ3v) is 4.37. The molecule has 2 amide bonds. The van der Waals surface area contributed by atoms with Crippen LogP contribution < -0.4 is 10.6 Å². The number of carbonyl (C=O) groups excluding carboxylic acids is 2. The van der Waals surface area contributed by atoms with Crippen molar-refractivity contribution in [2.24, 2.45) is 11.8 Å². The zero-order chi connectivity index (χ0) is 17.1. The Morgan fingerprint density at radius 2 is 1.88 bits per heavy atom. The number of amides is 2. The minimum atomic E-state index is -0.277. The molecule has 2 atom stereocenters. The molecule has 5 nitrogen and oxygen atoms in total. The van der Waals surface area contributed by atoms with E-state index in [9.17, 15) is 9.59 Å². The maximum Gasteiger partial charge on any atom is 0.228 e. The van der Waals surface area contributed by atoms with Crippen molar-refractivity contribution in [3.63, 3.8) is 0 Å². The van der Waals surface area contributed by atoms with E-state index in [0.717, 1.165) is 11.1 Å². The monoisotopic (exact) mass is 343 g/mol. The molecule has 3 rings (SSSR count). The van der Waals surface area contributed by atoms with Crippen molar-refractivity contribution in [2.45, 2.75) is 19.9 Å². The van der Waals surface area contributed by atoms with Gasteiger partial charge in [0.1, 0.15) is 0 Å². The van der Waals surface area contributed by atoms with Crippen molar-refractivity contribution < 1.29 is 9.59 Å². The van der Waals surface area contributed by atoms with Crippen molar-refractivity contribution in [2.75, 3.05) is 5.32 Å². The molecule has 1 fully saturated rings. The predicted molar refractivity (Wildman–Crippen MR) is 92.5 cm³/mol. The Morgan fingerprint density at radius 3 is 2.62 bits per heavy atom. The number of hydrogen-bond acceptors (Lipinski definition) is 3. The molecule has 124 valence electrons. The number of anilines is 1. The summed E-state index contributed by atoms with van der Waals surface area (Å²) < 4.78 is 0. The second-order valence-corrected chi connectivity index (χ2v) is 6.41. The summed E-state index contributed by atoms with van der Waals surface area (Å²) in [6.07, 6.45) is 3.94. The molecule has 24 heavy (non-hydrogen) atoms. The van der Waals surface area contributed by atoms with Gasteiger partial charge in [0.2, 0.25) is 11.8 Å². The first-order valence-electron chi connectivity index (χ1n) is 7.78. The zero-order valence-corrected chi connectivity index (χ0v) is 14.0. The number of pyridine rings is 1. The van der Waals surface area contributed by atoms with Crippen molar-refractivity contribution in [1.29, 1.82) is 0 Å². The first-order chi connectivity index (χ1) is 11.5. The van der Waals surface area contributed by atoms with E-state index in [1.807, 2.05) is 25.1 Å². The summed E-state index contributed by atoms with van der Waals surface area (Å²) in [5.41, 5.74) is 2.61. The summed E-state index contributed by atoms with van der Waals surface area (Å²) in [6, 6.07) is 9.04. The van der Waals surface area contributed by atoms with Crippen molar-refractivity contribution in [3.8, 4) is 0 Å². The van der Waals surface area contributed by atoms with Crippen LogP contribution in [0.5, 0.6) is 0 Å². The fourth-order valence-corrected chi connectivity index (χ4v) is 2.72. The van der Waals surface area contributed by atoms with Gasteiger partial charge in [0.15, 0.2) is 0 Å². The topological polar surface area (TPSA) is 71.1 Å². The van der Waals surface area contributed by atoms with Gasteiger partial charge in [-0.3, -0.25) is 14.6 Å². The number of rotatable bonds is 5. The Bertz CT molecular complexity index is 764. The van der Waals surface area contributed by atoms with Crippen LogP contribution in [0.1, 0.15) is 17.5 Å². The quantitative estimate of drug-likeness (QED) is 0.876.